The van der Waals surface area contributed by atoms with Crippen molar-refractivity contribution < 1.29 is 9.53 Å². The standard InChI is InChI=1S/C19H26N4O2S/c24-17(5-4-16-3-1-7-20-16)22-9-2-6-19(13-22)14-23(10-11-25-15-19)18-21-8-12-26-18/h1,3,7-8,12,20H,2,4-6,9-11,13-15H2. The van der Waals surface area contributed by atoms with Crippen molar-refractivity contribution in [1.82, 2.24) is 14.9 Å². The monoisotopic (exact) mass is 374 g/mol. The molecule has 0 aliphatic carbocycles. The van der Waals surface area contributed by atoms with E-state index in [4.69, 9.17) is 4.74 Å². The van der Waals surface area contributed by atoms with Gasteiger partial charge in [0.25, 0.3) is 0 Å². The third kappa shape index (κ3) is 3.94. The van der Waals surface area contributed by atoms with Gasteiger partial charge in [0.1, 0.15) is 0 Å². The van der Waals surface area contributed by atoms with Gasteiger partial charge in [-0.3, -0.25) is 4.79 Å². The van der Waals surface area contributed by atoms with Crippen LogP contribution in [0.4, 0.5) is 5.13 Å². The maximum absolute atomic E-state index is 12.8. The van der Waals surface area contributed by atoms with Crippen molar-refractivity contribution in [2.75, 3.05) is 44.3 Å². The maximum atomic E-state index is 12.8. The van der Waals surface area contributed by atoms with Gasteiger partial charge in [-0.25, -0.2) is 4.98 Å². The van der Waals surface area contributed by atoms with Crippen LogP contribution in [0.1, 0.15) is 25.0 Å². The summed E-state index contributed by atoms with van der Waals surface area (Å²) in [5.41, 5.74) is 1.14. The fourth-order valence-electron chi connectivity index (χ4n) is 4.12. The summed E-state index contributed by atoms with van der Waals surface area (Å²) in [6, 6.07) is 4.02. The lowest BCUT2D eigenvalue weighted by molar-refractivity contribution is -0.135. The first-order chi connectivity index (χ1) is 12.7. The second-order valence-electron chi connectivity index (χ2n) is 7.40. The molecule has 2 aliphatic heterocycles. The topological polar surface area (TPSA) is 61.5 Å². The number of nitrogens with zero attached hydrogens (tertiary/aromatic N) is 3. The Labute approximate surface area is 158 Å². The molecule has 7 heteroatoms. The van der Waals surface area contributed by atoms with E-state index in [2.05, 4.69) is 19.8 Å². The van der Waals surface area contributed by atoms with E-state index in [1.165, 1.54) is 0 Å². The van der Waals surface area contributed by atoms with Gasteiger partial charge in [-0.2, -0.15) is 0 Å². The predicted octanol–water partition coefficient (Wildman–Crippen LogP) is 2.55. The smallest absolute Gasteiger partial charge is 0.222 e. The molecule has 1 spiro atoms. The van der Waals surface area contributed by atoms with E-state index in [1.807, 2.05) is 29.9 Å². The third-order valence-corrected chi connectivity index (χ3v) is 6.25. The van der Waals surface area contributed by atoms with Crippen molar-refractivity contribution in [2.45, 2.75) is 25.7 Å². The van der Waals surface area contributed by atoms with Gasteiger partial charge in [-0.15, -0.1) is 11.3 Å². The van der Waals surface area contributed by atoms with E-state index in [0.29, 0.717) is 6.42 Å². The molecule has 1 amide bonds. The van der Waals surface area contributed by atoms with Crippen LogP contribution in [0.3, 0.4) is 0 Å². The van der Waals surface area contributed by atoms with Gasteiger partial charge in [-0.05, 0) is 31.4 Å². The number of aromatic nitrogens is 2. The van der Waals surface area contributed by atoms with Gasteiger partial charge >= 0.3 is 0 Å². The lowest BCUT2D eigenvalue weighted by Gasteiger charge is -2.43. The molecule has 2 aromatic heterocycles. The van der Waals surface area contributed by atoms with Crippen molar-refractivity contribution >= 4 is 22.4 Å². The number of H-pyrrole nitrogens is 1. The number of nitrogens with one attached hydrogen (secondary N) is 1. The number of thiazole rings is 1. The molecule has 0 radical (unpaired) electrons. The second-order valence-corrected chi connectivity index (χ2v) is 8.28. The first kappa shape index (κ1) is 17.5. The lowest BCUT2D eigenvalue weighted by Crippen LogP contribution is -2.52. The largest absolute Gasteiger partial charge is 0.379 e. The van der Waals surface area contributed by atoms with Gasteiger partial charge in [-0.1, -0.05) is 0 Å². The first-order valence-electron chi connectivity index (χ1n) is 9.36. The number of rotatable bonds is 4. The highest BCUT2D eigenvalue weighted by Crippen LogP contribution is 2.35. The molecule has 1 N–H and O–H groups in total. The highest BCUT2D eigenvalue weighted by Gasteiger charge is 2.40. The number of aromatic amines is 1. The van der Waals surface area contributed by atoms with Crippen LogP contribution in [-0.4, -0.2) is 60.2 Å². The summed E-state index contributed by atoms with van der Waals surface area (Å²) in [6.45, 7) is 4.90. The summed E-state index contributed by atoms with van der Waals surface area (Å²) < 4.78 is 5.96. The van der Waals surface area contributed by atoms with Crippen LogP contribution >= 0.6 is 11.3 Å². The summed E-state index contributed by atoms with van der Waals surface area (Å²) in [5, 5.41) is 3.08. The third-order valence-electron chi connectivity index (χ3n) is 5.41. The van der Waals surface area contributed by atoms with Gasteiger partial charge in [0.05, 0.1) is 13.2 Å². The zero-order chi connectivity index (χ0) is 17.8. The summed E-state index contributed by atoms with van der Waals surface area (Å²) >= 11 is 1.67. The van der Waals surface area contributed by atoms with Crippen LogP contribution in [0, 0.1) is 5.41 Å². The van der Waals surface area contributed by atoms with Crippen molar-refractivity contribution in [3.63, 3.8) is 0 Å². The van der Waals surface area contributed by atoms with Crippen LogP contribution in [0.5, 0.6) is 0 Å². The quantitative estimate of drug-likeness (QED) is 0.893. The number of carbonyl (C=O) groups excluding carboxylic acids is 1. The molecule has 1 unspecified atom stereocenters. The van der Waals surface area contributed by atoms with Gasteiger partial charge in [0.15, 0.2) is 5.13 Å². The average molecular weight is 375 g/mol. The van der Waals surface area contributed by atoms with E-state index in [9.17, 15) is 4.79 Å². The van der Waals surface area contributed by atoms with Crippen molar-refractivity contribution in [3.8, 4) is 0 Å². The molecule has 2 saturated heterocycles. The molecule has 0 aromatic carbocycles. The Bertz CT molecular complexity index is 703. The predicted molar refractivity (Wildman–Crippen MR) is 103 cm³/mol. The van der Waals surface area contributed by atoms with E-state index >= 15 is 0 Å². The summed E-state index contributed by atoms with van der Waals surface area (Å²) in [4.78, 5) is 24.8. The molecular formula is C19H26N4O2S. The molecule has 0 bridgehead atoms. The molecule has 1 atom stereocenters. The van der Waals surface area contributed by atoms with Crippen molar-refractivity contribution in [2.24, 2.45) is 5.41 Å². The molecular weight excluding hydrogens is 348 g/mol. The summed E-state index contributed by atoms with van der Waals surface area (Å²) in [7, 11) is 0. The van der Waals surface area contributed by atoms with Crippen LogP contribution in [0.25, 0.3) is 0 Å². The molecule has 140 valence electrons. The Hall–Kier alpha value is -1.86. The number of hydrogen-bond acceptors (Lipinski definition) is 5. The minimum Gasteiger partial charge on any atom is -0.379 e. The number of hydrogen-bond donors (Lipinski definition) is 1. The fraction of sp³-hybridized carbons (Fsp3) is 0.579. The van der Waals surface area contributed by atoms with Crippen LogP contribution in [-0.2, 0) is 16.0 Å². The number of likely N-dealkylation sites (tertiary alicyclic amines) is 1. The molecule has 0 saturated carbocycles. The zero-order valence-electron chi connectivity index (χ0n) is 15.0. The number of piperidine rings is 1. The average Bonchev–Trinajstić information content (AvgIpc) is 3.33. The maximum Gasteiger partial charge on any atom is 0.222 e. The Morgan fingerprint density at radius 1 is 1.38 bits per heavy atom. The molecule has 26 heavy (non-hydrogen) atoms. The second kappa shape index (κ2) is 7.80. The first-order valence-corrected chi connectivity index (χ1v) is 10.2. The Morgan fingerprint density at radius 2 is 2.35 bits per heavy atom. The van der Waals surface area contributed by atoms with E-state index in [-0.39, 0.29) is 11.3 Å². The van der Waals surface area contributed by atoms with Crippen molar-refractivity contribution in [3.05, 3.63) is 35.6 Å². The van der Waals surface area contributed by atoms with Gasteiger partial charge < -0.3 is 19.5 Å². The van der Waals surface area contributed by atoms with Crippen LogP contribution in [0.15, 0.2) is 29.9 Å². The molecule has 4 rings (SSSR count). The van der Waals surface area contributed by atoms with E-state index in [1.54, 1.807) is 11.3 Å². The summed E-state index contributed by atoms with van der Waals surface area (Å²) in [5.74, 6) is 0.253. The Morgan fingerprint density at radius 3 is 3.15 bits per heavy atom. The normalized spacial score (nSPS) is 24.0. The van der Waals surface area contributed by atoms with E-state index < -0.39 is 0 Å². The lowest BCUT2D eigenvalue weighted by atomic mass is 9.80. The Kier molecular flexibility index (Phi) is 5.26. The molecule has 2 aromatic rings. The minimum absolute atomic E-state index is 0.0164. The zero-order valence-corrected chi connectivity index (χ0v) is 15.8. The molecule has 2 fully saturated rings. The Balaban J connectivity index is 1.41. The highest BCUT2D eigenvalue weighted by atomic mass is 32.1. The fourth-order valence-corrected chi connectivity index (χ4v) is 4.79. The molecule has 2 aliphatic rings. The van der Waals surface area contributed by atoms with Crippen LogP contribution in [0.2, 0.25) is 0 Å². The van der Waals surface area contributed by atoms with Gasteiger partial charge in [0, 0.05) is 61.5 Å². The number of ether oxygens (including phenoxy) is 1. The number of carbonyl (C=O) groups is 1. The number of anilines is 1. The van der Waals surface area contributed by atoms with Crippen molar-refractivity contribution in [1.29, 1.82) is 0 Å². The number of amides is 1. The minimum atomic E-state index is 0.0164. The number of aryl methyl sites for hydroxylation is 1. The van der Waals surface area contributed by atoms with Crippen LogP contribution < -0.4 is 4.90 Å². The van der Waals surface area contributed by atoms with E-state index in [0.717, 1.165) is 69.5 Å². The van der Waals surface area contributed by atoms with Gasteiger partial charge in [0.2, 0.25) is 5.91 Å². The highest BCUT2D eigenvalue weighted by molar-refractivity contribution is 7.13. The molecule has 4 heterocycles. The summed E-state index contributed by atoms with van der Waals surface area (Å²) in [6.07, 6.45) is 7.25. The SMILES string of the molecule is O=C(CCc1ccc[nH]1)N1CCCC2(COCCN(c3nccs3)C2)C1. The molecule has 6 nitrogen and oxygen atoms in total.